The quantitative estimate of drug-likeness (QED) is 0.0257. The first kappa shape index (κ1) is 72.8. The molecule has 0 spiro atoms. The van der Waals surface area contributed by atoms with Crippen molar-refractivity contribution in [1.29, 1.82) is 0 Å². The molecule has 0 aromatic heterocycles. The largest absolute Gasteiger partial charge is 0.394 e. The van der Waals surface area contributed by atoms with E-state index in [4.69, 9.17) is 42.6 Å². The maximum atomic E-state index is 13.5. The van der Waals surface area contributed by atoms with Crippen LogP contribution < -0.4 is 0 Å². The number of Topliss-reactive ketones (excluding diaryl/α,β-unsaturated/α-hetero) is 1. The summed E-state index contributed by atoms with van der Waals surface area (Å²) in [4.78, 5) is 13.5. The van der Waals surface area contributed by atoms with Gasteiger partial charge in [-0.25, -0.2) is 0 Å². The Hall–Kier alpha value is -2.97. The van der Waals surface area contributed by atoms with Crippen molar-refractivity contribution in [2.24, 2.45) is 23.7 Å². The molecule has 4 fully saturated rings. The predicted octanol–water partition coefficient (Wildman–Crippen LogP) is -5.51. The fraction of sp³-hybridized carbons (Fsp3) is 0.772. The molecule has 28 nitrogen and oxygen atoms in total. The number of aliphatic hydroxyl groups excluding tert-OH is 18. The molecule has 1 aliphatic carbocycles. The molecule has 5 rings (SSSR count). The van der Waals surface area contributed by atoms with Crippen LogP contribution in [0.5, 0.6) is 0 Å². The number of ketones is 1. The van der Waals surface area contributed by atoms with Crippen molar-refractivity contribution in [2.45, 2.75) is 214 Å². The lowest BCUT2D eigenvalue weighted by Crippen LogP contribution is -2.67. The third kappa shape index (κ3) is 18.6. The summed E-state index contributed by atoms with van der Waals surface area (Å²) in [5, 5.41) is 192. The van der Waals surface area contributed by atoms with Crippen LogP contribution in [0.4, 0.5) is 0 Å². The van der Waals surface area contributed by atoms with Crippen LogP contribution in [0.1, 0.15) is 54.4 Å². The Kier molecular flexibility index (Phi) is 28.9. The van der Waals surface area contributed by atoms with Crippen LogP contribution in [0.3, 0.4) is 0 Å². The first-order valence-corrected chi connectivity index (χ1v) is 28.4. The third-order valence-electron chi connectivity index (χ3n) is 16.0. The molecular weight excluding hydrogens is 1130 g/mol. The van der Waals surface area contributed by atoms with Gasteiger partial charge in [0.1, 0.15) is 122 Å². The van der Waals surface area contributed by atoms with Crippen LogP contribution >= 0.6 is 0 Å². The fourth-order valence-corrected chi connectivity index (χ4v) is 10.5. The number of hydrogen-bond donors (Lipinski definition) is 18. The summed E-state index contributed by atoms with van der Waals surface area (Å²) in [5.41, 5.74) is 1.35. The molecule has 0 aromatic rings. The number of methoxy groups -OCH3 is 1. The molecule has 0 radical (unpaired) electrons. The molecule has 5 aliphatic rings. The highest BCUT2D eigenvalue weighted by Crippen LogP contribution is 2.36. The first-order chi connectivity index (χ1) is 40.1. The molecule has 85 heavy (non-hydrogen) atoms. The Balaban J connectivity index is 1.23. The summed E-state index contributed by atoms with van der Waals surface area (Å²) in [6.45, 7) is 7.15. The molecule has 18 N–H and O–H groups in total. The van der Waals surface area contributed by atoms with Gasteiger partial charge < -0.3 is 135 Å². The summed E-state index contributed by atoms with van der Waals surface area (Å²) in [7, 11) is 1.37. The van der Waals surface area contributed by atoms with Gasteiger partial charge in [0.25, 0.3) is 0 Å². The Bertz CT molecular complexity index is 2220. The number of ether oxygens (including phenoxy) is 9. The number of carbonyl (C=O) groups excluding carboxylic acids is 1. The molecule has 0 aromatic carbocycles. The summed E-state index contributed by atoms with van der Waals surface area (Å²) >= 11 is 0. The first-order valence-electron chi connectivity index (χ1n) is 28.4. The average molecular weight is 1230 g/mol. The molecule has 0 amide bonds. The molecule has 0 unspecified atom stereocenters. The third-order valence-corrected chi connectivity index (χ3v) is 16.0. The molecule has 28 heteroatoms. The van der Waals surface area contributed by atoms with Crippen LogP contribution in [-0.4, -0.2) is 297 Å². The van der Waals surface area contributed by atoms with Crippen molar-refractivity contribution in [3.63, 3.8) is 0 Å². The number of aliphatic hydroxyl groups is 18. The lowest BCUT2D eigenvalue weighted by atomic mass is 9.71. The van der Waals surface area contributed by atoms with Gasteiger partial charge in [0.15, 0.2) is 30.9 Å². The normalized spacial score (nSPS) is 40.5. The number of carbonyl (C=O) groups is 1. The molecule has 0 saturated carbocycles. The molecule has 4 heterocycles. The van der Waals surface area contributed by atoms with Crippen LogP contribution in [0.25, 0.3) is 0 Å². The minimum Gasteiger partial charge on any atom is -0.394 e. The second-order valence-corrected chi connectivity index (χ2v) is 22.8. The second kappa shape index (κ2) is 33.7. The minimum absolute atomic E-state index is 0.0586. The minimum atomic E-state index is -2.10. The number of rotatable bonds is 28. The van der Waals surface area contributed by atoms with Crippen molar-refractivity contribution in [2.75, 3.05) is 40.1 Å². The maximum absolute atomic E-state index is 13.5. The van der Waals surface area contributed by atoms with E-state index in [1.165, 1.54) is 25.3 Å². The van der Waals surface area contributed by atoms with Gasteiger partial charge in [0, 0.05) is 18.9 Å². The van der Waals surface area contributed by atoms with Crippen molar-refractivity contribution < 1.29 is 139 Å². The zero-order valence-corrected chi connectivity index (χ0v) is 48.6. The monoisotopic (exact) mass is 1220 g/mol. The van der Waals surface area contributed by atoms with E-state index in [0.29, 0.717) is 16.7 Å². The standard InChI is InChI=1S/C57H92O28/c1-24(2)14-17-33(77-7)41(66)40(65)31(62)13-9-12-29-18-32(63)38(28(6)39(29)64)27(5)11-8-10-26(4)30(61)16-15-25(3)22-78-55-50(75)53(45(70)37(83-55)23-79-54-48(73)46(71)42(67)34(19-58)80-54)85-57-51(76)52(44(69)36(21-60)82-57)84-56-49(74)47(72)43(68)35(20-59)81-56/h8-11,13-15,17-18,24,27-28,30-38,40-63,65-76H,12,16,19-23H2,1-7H3/b11-8+,13-9+,17-14+,25-15-,26-10+/t27-,28-,30+,31-,32+,33-,34-,35-,36-,37+,38+,40+,41-,42-,43-,44-,45+,46+,47+,48-,49-,50+,51-,52+,53-,54-,55+,56+,57+/m0/s1. The highest BCUT2D eigenvalue weighted by Gasteiger charge is 2.55. The van der Waals surface area contributed by atoms with E-state index in [1.807, 2.05) is 20.8 Å². The molecule has 4 aliphatic heterocycles. The number of hydrogen-bond acceptors (Lipinski definition) is 28. The average Bonchev–Trinajstić information content (AvgIpc) is 2.14. The van der Waals surface area contributed by atoms with Crippen LogP contribution in [0, 0.1) is 23.7 Å². The second-order valence-electron chi connectivity index (χ2n) is 22.8. The van der Waals surface area contributed by atoms with Crippen molar-refractivity contribution in [1.82, 2.24) is 0 Å². The Morgan fingerprint density at radius 2 is 1.12 bits per heavy atom. The Morgan fingerprint density at radius 1 is 0.612 bits per heavy atom. The molecule has 488 valence electrons. The van der Waals surface area contributed by atoms with Gasteiger partial charge in [0.05, 0.1) is 45.2 Å². The van der Waals surface area contributed by atoms with Crippen LogP contribution in [0.2, 0.25) is 0 Å². The highest BCUT2D eigenvalue weighted by molar-refractivity contribution is 5.98. The summed E-state index contributed by atoms with van der Waals surface area (Å²) in [6, 6.07) is 0. The van der Waals surface area contributed by atoms with Crippen molar-refractivity contribution in [3.8, 4) is 0 Å². The van der Waals surface area contributed by atoms with Gasteiger partial charge in [-0.1, -0.05) is 81.9 Å². The van der Waals surface area contributed by atoms with Crippen molar-refractivity contribution >= 4 is 5.78 Å². The Labute approximate surface area is 492 Å². The predicted molar refractivity (Wildman–Crippen MR) is 292 cm³/mol. The summed E-state index contributed by atoms with van der Waals surface area (Å²) in [6.07, 6.45) is -29.0. The summed E-state index contributed by atoms with van der Waals surface area (Å²) in [5.74, 6) is -1.46. The molecule has 29 atom stereocenters. The van der Waals surface area contributed by atoms with E-state index >= 15 is 0 Å². The zero-order chi connectivity index (χ0) is 63.3. The summed E-state index contributed by atoms with van der Waals surface area (Å²) < 4.78 is 50.8. The SMILES string of the molecule is CO[C@@H](/C=C/C(C)C)[C@H](O)[C@H](O)[C@@H](O)/C=C/CC1=C[C@@H](O)[C@H]([C@@H](C)/C=C/C=C(\C)[C@H](O)C/C=C(/C)CO[C@@H]2O[C@H](CO[C@H]3O[C@@H](CO)[C@H](O)[C@@H](O)[C@@H]3O)[C@@H](O)[C@H](O[C@H]3O[C@@H](CO)[C@H](O)[C@@H](O[C@H]4O[C@@H](CO)[C@H](O)[C@@H](O)[C@@H]4O)[C@@H]3O)[C@H]2O)[C@H](C)C1=O. The molecular formula is C57H92O28. The number of allylic oxidation sites excluding steroid dienone is 6. The van der Waals surface area contributed by atoms with Gasteiger partial charge in [-0.3, -0.25) is 4.79 Å². The van der Waals surface area contributed by atoms with E-state index in [1.54, 1.807) is 57.2 Å². The van der Waals surface area contributed by atoms with E-state index in [0.717, 1.165) is 0 Å². The Morgan fingerprint density at radius 3 is 1.68 bits per heavy atom. The van der Waals surface area contributed by atoms with Crippen LogP contribution in [0.15, 0.2) is 71.4 Å². The zero-order valence-electron chi connectivity index (χ0n) is 48.6. The van der Waals surface area contributed by atoms with E-state index in [9.17, 15) is 96.7 Å². The topological polar surface area (TPSA) is 464 Å². The fourth-order valence-electron chi connectivity index (χ4n) is 10.5. The smallest absolute Gasteiger partial charge is 0.187 e. The van der Waals surface area contributed by atoms with E-state index in [-0.39, 0.29) is 37.1 Å². The highest BCUT2D eigenvalue weighted by atomic mass is 16.8. The van der Waals surface area contributed by atoms with Gasteiger partial charge in [-0.05, 0) is 55.7 Å². The van der Waals surface area contributed by atoms with Gasteiger partial charge in [-0.2, -0.15) is 0 Å². The van der Waals surface area contributed by atoms with Crippen LogP contribution in [-0.2, 0) is 47.4 Å². The van der Waals surface area contributed by atoms with Crippen molar-refractivity contribution in [3.05, 3.63) is 71.4 Å². The van der Waals surface area contributed by atoms with Gasteiger partial charge in [-0.15, -0.1) is 0 Å². The molecule has 4 saturated heterocycles. The van der Waals surface area contributed by atoms with Gasteiger partial charge >= 0.3 is 0 Å². The van der Waals surface area contributed by atoms with Gasteiger partial charge in [0.2, 0.25) is 0 Å². The lowest BCUT2D eigenvalue weighted by Gasteiger charge is -2.48. The van der Waals surface area contributed by atoms with E-state index in [2.05, 4.69) is 0 Å². The molecule has 0 bridgehead atoms. The lowest BCUT2D eigenvalue weighted by molar-refractivity contribution is -0.382. The maximum Gasteiger partial charge on any atom is 0.187 e. The van der Waals surface area contributed by atoms with E-state index < -0.39 is 198 Å².